The van der Waals surface area contributed by atoms with E-state index in [9.17, 15) is 0 Å². The van der Waals surface area contributed by atoms with E-state index in [0.717, 1.165) is 12.1 Å². The first-order chi connectivity index (χ1) is 8.74. The van der Waals surface area contributed by atoms with Gasteiger partial charge in [-0.3, -0.25) is 4.68 Å². The first-order valence-electron chi connectivity index (χ1n) is 6.49. The topological polar surface area (TPSA) is 53.1 Å². The molecule has 1 fully saturated rings. The molecule has 18 heavy (non-hydrogen) atoms. The number of hydrogen-bond acceptors (Lipinski definition) is 3. The molecule has 1 heterocycles. The minimum Gasteiger partial charge on any atom is -0.382 e. The number of allylic oxidation sites excluding steroid dienone is 3. The van der Waals surface area contributed by atoms with Crippen LogP contribution in [0, 0.1) is 11.8 Å². The van der Waals surface area contributed by atoms with Crippen molar-refractivity contribution in [3.05, 3.63) is 36.1 Å². The summed E-state index contributed by atoms with van der Waals surface area (Å²) in [6.07, 6.45) is 11.5. The third kappa shape index (κ3) is 2.08. The second-order valence-corrected chi connectivity index (χ2v) is 5.12. The van der Waals surface area contributed by atoms with Gasteiger partial charge in [-0.15, -0.1) is 0 Å². The normalized spacial score (nSPS) is 29.7. The predicted octanol–water partition coefficient (Wildman–Crippen LogP) is 2.04. The number of ether oxygens (including phenoxy) is 1. The molecule has 2 N–H and O–H groups in total. The summed E-state index contributed by atoms with van der Waals surface area (Å²) in [6, 6.07) is 1.88. The molecule has 3 rings (SSSR count). The van der Waals surface area contributed by atoms with Crippen LogP contribution in [0.4, 0.5) is 5.82 Å². The third-order valence-electron chi connectivity index (χ3n) is 3.95. The summed E-state index contributed by atoms with van der Waals surface area (Å²) < 4.78 is 7.84. The standard InChI is InChI=1S/C14H19N3O/c1-17-11(8-14(15)16-17)9-18-13-7-6-10-4-2-3-5-12(10)13/h2-5,8,10,12-13H,6-7,9H2,1H3,(H2,15,16)/t10-,12-,13+/m0/s1. The van der Waals surface area contributed by atoms with E-state index in [-0.39, 0.29) is 0 Å². The summed E-state index contributed by atoms with van der Waals surface area (Å²) in [4.78, 5) is 0. The van der Waals surface area contributed by atoms with Gasteiger partial charge in [-0.2, -0.15) is 5.10 Å². The van der Waals surface area contributed by atoms with Gasteiger partial charge >= 0.3 is 0 Å². The summed E-state index contributed by atoms with van der Waals surface area (Å²) in [5.74, 6) is 1.76. The van der Waals surface area contributed by atoms with Gasteiger partial charge in [0.25, 0.3) is 0 Å². The Labute approximate surface area is 107 Å². The van der Waals surface area contributed by atoms with Crippen LogP contribution in [0.25, 0.3) is 0 Å². The molecule has 0 aliphatic heterocycles. The van der Waals surface area contributed by atoms with Crippen LogP contribution in [0.1, 0.15) is 18.5 Å². The number of aryl methyl sites for hydroxylation is 1. The Bertz CT molecular complexity index is 489. The summed E-state index contributed by atoms with van der Waals surface area (Å²) in [6.45, 7) is 0.589. The number of nitrogens with two attached hydrogens (primary N) is 1. The molecule has 1 aromatic heterocycles. The van der Waals surface area contributed by atoms with Gasteiger partial charge < -0.3 is 10.5 Å². The Hall–Kier alpha value is -1.55. The third-order valence-corrected chi connectivity index (χ3v) is 3.95. The molecule has 0 bridgehead atoms. The van der Waals surface area contributed by atoms with E-state index < -0.39 is 0 Å². The molecule has 0 amide bonds. The quantitative estimate of drug-likeness (QED) is 0.886. The Balaban J connectivity index is 1.62. The molecular weight excluding hydrogens is 226 g/mol. The SMILES string of the molecule is Cn1nc(N)cc1CO[C@@H]1CC[C@@H]2C=CC=C[C@@H]21. The zero-order valence-electron chi connectivity index (χ0n) is 10.6. The number of fused-ring (bicyclic) bond motifs is 1. The fourth-order valence-corrected chi connectivity index (χ4v) is 2.96. The summed E-state index contributed by atoms with van der Waals surface area (Å²) in [5, 5.41) is 4.13. The van der Waals surface area contributed by atoms with Crippen molar-refractivity contribution in [1.82, 2.24) is 9.78 Å². The van der Waals surface area contributed by atoms with Crippen LogP contribution >= 0.6 is 0 Å². The van der Waals surface area contributed by atoms with Gasteiger partial charge in [0.1, 0.15) is 5.82 Å². The van der Waals surface area contributed by atoms with Gasteiger partial charge in [0.15, 0.2) is 0 Å². The number of hydrogen-bond donors (Lipinski definition) is 1. The van der Waals surface area contributed by atoms with Crippen molar-refractivity contribution in [2.75, 3.05) is 5.73 Å². The predicted molar refractivity (Wildman–Crippen MR) is 70.7 cm³/mol. The van der Waals surface area contributed by atoms with Gasteiger partial charge in [0.2, 0.25) is 0 Å². The molecule has 1 saturated carbocycles. The van der Waals surface area contributed by atoms with Gasteiger partial charge in [-0.25, -0.2) is 0 Å². The van der Waals surface area contributed by atoms with Crippen molar-refractivity contribution in [3.8, 4) is 0 Å². The molecule has 2 aliphatic rings. The highest BCUT2D eigenvalue weighted by Gasteiger charge is 2.34. The van der Waals surface area contributed by atoms with Crippen LogP contribution in [0.2, 0.25) is 0 Å². The Morgan fingerprint density at radius 2 is 2.22 bits per heavy atom. The molecule has 0 spiro atoms. The summed E-state index contributed by atoms with van der Waals surface area (Å²) in [7, 11) is 1.90. The van der Waals surface area contributed by atoms with Crippen molar-refractivity contribution in [2.24, 2.45) is 18.9 Å². The van der Waals surface area contributed by atoms with Gasteiger partial charge in [-0.1, -0.05) is 24.3 Å². The lowest BCUT2D eigenvalue weighted by Gasteiger charge is -2.22. The Morgan fingerprint density at radius 1 is 1.39 bits per heavy atom. The van der Waals surface area contributed by atoms with Crippen LogP contribution in [-0.2, 0) is 18.4 Å². The molecule has 0 aromatic carbocycles. The van der Waals surface area contributed by atoms with Crippen molar-refractivity contribution in [2.45, 2.75) is 25.6 Å². The number of rotatable bonds is 3. The second-order valence-electron chi connectivity index (χ2n) is 5.12. The van der Waals surface area contributed by atoms with Crippen molar-refractivity contribution in [1.29, 1.82) is 0 Å². The van der Waals surface area contributed by atoms with Crippen LogP contribution in [0.15, 0.2) is 30.4 Å². The molecule has 4 nitrogen and oxygen atoms in total. The highest BCUT2D eigenvalue weighted by Crippen LogP contribution is 2.38. The number of anilines is 1. The van der Waals surface area contributed by atoms with Crippen LogP contribution in [-0.4, -0.2) is 15.9 Å². The largest absolute Gasteiger partial charge is 0.382 e. The molecule has 0 saturated heterocycles. The van der Waals surface area contributed by atoms with E-state index in [1.54, 1.807) is 4.68 Å². The molecule has 96 valence electrons. The van der Waals surface area contributed by atoms with Crippen LogP contribution in [0.5, 0.6) is 0 Å². The minimum atomic E-state index is 0.326. The Morgan fingerprint density at radius 3 is 3.00 bits per heavy atom. The van der Waals surface area contributed by atoms with E-state index >= 15 is 0 Å². The first kappa shape index (κ1) is 11.5. The number of nitrogens with zero attached hydrogens (tertiary/aromatic N) is 2. The highest BCUT2D eigenvalue weighted by molar-refractivity contribution is 5.29. The lowest BCUT2D eigenvalue weighted by Crippen LogP contribution is -2.21. The van der Waals surface area contributed by atoms with E-state index in [4.69, 9.17) is 10.5 Å². The zero-order valence-corrected chi connectivity index (χ0v) is 10.6. The van der Waals surface area contributed by atoms with Crippen molar-refractivity contribution < 1.29 is 4.74 Å². The van der Waals surface area contributed by atoms with Gasteiger partial charge in [0.05, 0.1) is 18.4 Å². The summed E-state index contributed by atoms with van der Waals surface area (Å²) >= 11 is 0. The van der Waals surface area contributed by atoms with Crippen LogP contribution in [0.3, 0.4) is 0 Å². The average Bonchev–Trinajstić information content (AvgIpc) is 2.90. The molecule has 1 aromatic rings. The average molecular weight is 245 g/mol. The second kappa shape index (κ2) is 4.61. The summed E-state index contributed by atoms with van der Waals surface area (Å²) in [5.41, 5.74) is 6.70. The molecule has 0 radical (unpaired) electrons. The van der Waals surface area contributed by atoms with Crippen molar-refractivity contribution >= 4 is 5.82 Å². The van der Waals surface area contributed by atoms with E-state index in [0.29, 0.717) is 30.4 Å². The van der Waals surface area contributed by atoms with Gasteiger partial charge in [-0.05, 0) is 18.8 Å². The highest BCUT2D eigenvalue weighted by atomic mass is 16.5. The maximum atomic E-state index is 6.05. The smallest absolute Gasteiger partial charge is 0.145 e. The molecule has 2 aliphatic carbocycles. The van der Waals surface area contributed by atoms with E-state index in [2.05, 4.69) is 29.4 Å². The number of aromatic nitrogens is 2. The zero-order chi connectivity index (χ0) is 12.5. The van der Waals surface area contributed by atoms with E-state index in [1.807, 2.05) is 13.1 Å². The van der Waals surface area contributed by atoms with E-state index in [1.165, 1.54) is 6.42 Å². The van der Waals surface area contributed by atoms with Crippen LogP contribution < -0.4 is 5.73 Å². The first-order valence-corrected chi connectivity index (χ1v) is 6.49. The maximum absolute atomic E-state index is 6.05. The Kier molecular flexibility index (Phi) is 2.96. The van der Waals surface area contributed by atoms with Crippen molar-refractivity contribution in [3.63, 3.8) is 0 Å². The monoisotopic (exact) mass is 245 g/mol. The fourth-order valence-electron chi connectivity index (χ4n) is 2.96. The minimum absolute atomic E-state index is 0.326. The lowest BCUT2D eigenvalue weighted by atomic mass is 9.91. The number of nitrogen functional groups attached to an aromatic ring is 1. The maximum Gasteiger partial charge on any atom is 0.145 e. The molecular formula is C14H19N3O. The molecule has 3 atom stereocenters. The lowest BCUT2D eigenvalue weighted by molar-refractivity contribution is 0.0208. The molecule has 4 heteroatoms. The molecule has 0 unspecified atom stereocenters. The fraction of sp³-hybridized carbons (Fsp3) is 0.500. The van der Waals surface area contributed by atoms with Gasteiger partial charge in [0, 0.05) is 19.0 Å².